The number of aliphatic imine (C=N–C) groups is 1. The van der Waals surface area contributed by atoms with Gasteiger partial charge in [-0.3, -0.25) is 9.79 Å². The van der Waals surface area contributed by atoms with Crippen LogP contribution in [0.25, 0.3) is 0 Å². The van der Waals surface area contributed by atoms with E-state index in [-0.39, 0.29) is 5.91 Å². The Morgan fingerprint density at radius 1 is 1.08 bits per heavy atom. The molecular formula is C18H35N5O. The predicted octanol–water partition coefficient (Wildman–Crippen LogP) is 1.24. The number of carbonyl (C=O) groups is 1. The van der Waals surface area contributed by atoms with Crippen LogP contribution in [0.5, 0.6) is 0 Å². The van der Waals surface area contributed by atoms with Gasteiger partial charge in [0.15, 0.2) is 5.96 Å². The summed E-state index contributed by atoms with van der Waals surface area (Å²) in [6, 6.07) is 0. The van der Waals surface area contributed by atoms with E-state index < -0.39 is 0 Å². The highest BCUT2D eigenvalue weighted by Gasteiger charge is 2.20. The summed E-state index contributed by atoms with van der Waals surface area (Å²) >= 11 is 0. The summed E-state index contributed by atoms with van der Waals surface area (Å²) in [6.45, 7) is 14.9. The first-order valence-electron chi connectivity index (χ1n) is 9.61. The second-order valence-electron chi connectivity index (χ2n) is 7.11. The van der Waals surface area contributed by atoms with Gasteiger partial charge in [0.1, 0.15) is 0 Å². The van der Waals surface area contributed by atoms with E-state index in [2.05, 4.69) is 29.0 Å². The van der Waals surface area contributed by atoms with Crippen molar-refractivity contribution in [1.82, 2.24) is 20.0 Å². The van der Waals surface area contributed by atoms with E-state index in [4.69, 9.17) is 4.99 Å². The number of hydrogen-bond acceptors (Lipinski definition) is 3. The Hall–Kier alpha value is -1.30. The Morgan fingerprint density at radius 3 is 2.29 bits per heavy atom. The molecule has 2 aliphatic heterocycles. The van der Waals surface area contributed by atoms with Crippen LogP contribution in [0.1, 0.15) is 40.0 Å². The van der Waals surface area contributed by atoms with E-state index in [1.807, 2.05) is 4.90 Å². The quantitative estimate of drug-likeness (QED) is 0.466. The van der Waals surface area contributed by atoms with Crippen LogP contribution in [0.2, 0.25) is 0 Å². The molecule has 2 saturated heterocycles. The van der Waals surface area contributed by atoms with Gasteiger partial charge in [-0.15, -0.1) is 0 Å². The second-order valence-corrected chi connectivity index (χ2v) is 7.11. The maximum absolute atomic E-state index is 11.4. The average Bonchev–Trinajstić information content (AvgIpc) is 2.59. The van der Waals surface area contributed by atoms with E-state index in [9.17, 15) is 4.79 Å². The average molecular weight is 338 g/mol. The summed E-state index contributed by atoms with van der Waals surface area (Å²) in [6.07, 6.45) is 3.80. The molecule has 6 heteroatoms. The highest BCUT2D eigenvalue weighted by Crippen LogP contribution is 2.15. The Balaban J connectivity index is 1.73. The number of nitrogens with zero attached hydrogens (tertiary/aromatic N) is 4. The molecule has 0 aromatic carbocycles. The van der Waals surface area contributed by atoms with E-state index >= 15 is 0 Å². The van der Waals surface area contributed by atoms with Gasteiger partial charge in [0.05, 0.1) is 0 Å². The molecule has 0 saturated carbocycles. The zero-order valence-corrected chi connectivity index (χ0v) is 15.8. The lowest BCUT2D eigenvalue weighted by molar-refractivity contribution is -0.130. The van der Waals surface area contributed by atoms with E-state index in [1.54, 1.807) is 6.92 Å². The molecule has 0 radical (unpaired) electrons. The van der Waals surface area contributed by atoms with Crippen molar-refractivity contribution in [2.45, 2.75) is 40.0 Å². The van der Waals surface area contributed by atoms with Gasteiger partial charge >= 0.3 is 0 Å². The van der Waals surface area contributed by atoms with Crippen LogP contribution in [0, 0.1) is 5.92 Å². The standard InChI is InChI=1S/C18H35N5O/c1-4-19-18(23-14-12-22(13-15-23)17(3)24)20-8-5-9-21-10-6-16(2)7-11-21/h16H,4-15H2,1-3H3,(H,19,20). The van der Waals surface area contributed by atoms with Crippen molar-refractivity contribution < 1.29 is 4.79 Å². The molecule has 138 valence electrons. The number of hydrogen-bond donors (Lipinski definition) is 1. The fourth-order valence-corrected chi connectivity index (χ4v) is 3.42. The molecule has 24 heavy (non-hydrogen) atoms. The Bertz CT molecular complexity index is 410. The van der Waals surface area contributed by atoms with E-state index in [0.717, 1.165) is 64.1 Å². The molecule has 0 unspecified atom stereocenters. The molecule has 0 atom stereocenters. The third-order valence-corrected chi connectivity index (χ3v) is 5.13. The first-order chi connectivity index (χ1) is 11.6. The van der Waals surface area contributed by atoms with Crippen molar-refractivity contribution in [1.29, 1.82) is 0 Å². The van der Waals surface area contributed by atoms with Crippen LogP contribution in [0.15, 0.2) is 4.99 Å². The number of amides is 1. The lowest BCUT2D eigenvalue weighted by atomic mass is 9.99. The van der Waals surface area contributed by atoms with Crippen molar-refractivity contribution in [3.63, 3.8) is 0 Å². The number of carbonyl (C=O) groups excluding carboxylic acids is 1. The second kappa shape index (κ2) is 9.87. The fraction of sp³-hybridized carbons (Fsp3) is 0.889. The number of piperidine rings is 1. The van der Waals surface area contributed by atoms with Gasteiger partial charge in [0.25, 0.3) is 0 Å². The van der Waals surface area contributed by atoms with Gasteiger partial charge in [-0.05, 0) is 51.7 Å². The molecule has 0 aromatic rings. The van der Waals surface area contributed by atoms with E-state index in [1.165, 1.54) is 25.9 Å². The minimum absolute atomic E-state index is 0.174. The maximum atomic E-state index is 11.4. The van der Waals surface area contributed by atoms with Gasteiger partial charge in [0, 0.05) is 46.2 Å². The number of piperazine rings is 1. The Labute approximate surface area is 147 Å². The molecule has 2 aliphatic rings. The predicted molar refractivity (Wildman–Crippen MR) is 99.3 cm³/mol. The van der Waals surface area contributed by atoms with Crippen molar-refractivity contribution in [3.8, 4) is 0 Å². The minimum Gasteiger partial charge on any atom is -0.357 e. The van der Waals surface area contributed by atoms with Crippen LogP contribution in [-0.2, 0) is 4.79 Å². The molecule has 0 aliphatic carbocycles. The first kappa shape index (κ1) is 19.0. The largest absolute Gasteiger partial charge is 0.357 e. The zero-order chi connectivity index (χ0) is 17.4. The van der Waals surface area contributed by atoms with Gasteiger partial charge < -0.3 is 20.0 Å². The minimum atomic E-state index is 0.174. The van der Waals surface area contributed by atoms with Crippen LogP contribution in [0.3, 0.4) is 0 Å². The van der Waals surface area contributed by atoms with E-state index in [0.29, 0.717) is 0 Å². The summed E-state index contributed by atoms with van der Waals surface area (Å²) in [5.74, 6) is 2.08. The summed E-state index contributed by atoms with van der Waals surface area (Å²) in [5.41, 5.74) is 0. The van der Waals surface area contributed by atoms with Gasteiger partial charge in [-0.1, -0.05) is 6.92 Å². The van der Waals surface area contributed by atoms with Crippen molar-refractivity contribution in [3.05, 3.63) is 0 Å². The molecular weight excluding hydrogens is 302 g/mol. The number of likely N-dealkylation sites (tertiary alicyclic amines) is 1. The normalized spacial score (nSPS) is 21.2. The molecule has 2 heterocycles. The highest BCUT2D eigenvalue weighted by atomic mass is 16.2. The lowest BCUT2D eigenvalue weighted by Crippen LogP contribution is -2.53. The summed E-state index contributed by atoms with van der Waals surface area (Å²) in [7, 11) is 0. The Morgan fingerprint density at radius 2 is 1.71 bits per heavy atom. The van der Waals surface area contributed by atoms with Crippen LogP contribution >= 0.6 is 0 Å². The first-order valence-corrected chi connectivity index (χ1v) is 9.61. The Kier molecular flexibility index (Phi) is 7.82. The lowest BCUT2D eigenvalue weighted by Gasteiger charge is -2.36. The maximum Gasteiger partial charge on any atom is 0.219 e. The molecule has 2 fully saturated rings. The molecule has 0 spiro atoms. The third kappa shape index (κ3) is 5.96. The molecule has 2 rings (SSSR count). The SMILES string of the molecule is CCNC(=NCCCN1CCC(C)CC1)N1CCN(C(C)=O)CC1. The van der Waals surface area contributed by atoms with Crippen LogP contribution < -0.4 is 5.32 Å². The zero-order valence-electron chi connectivity index (χ0n) is 15.8. The topological polar surface area (TPSA) is 51.2 Å². The van der Waals surface area contributed by atoms with Gasteiger partial charge in [0.2, 0.25) is 5.91 Å². The number of rotatable bonds is 5. The van der Waals surface area contributed by atoms with Crippen molar-refractivity contribution >= 4 is 11.9 Å². The number of guanidine groups is 1. The fourth-order valence-electron chi connectivity index (χ4n) is 3.42. The smallest absolute Gasteiger partial charge is 0.219 e. The van der Waals surface area contributed by atoms with Gasteiger partial charge in [-0.2, -0.15) is 0 Å². The monoisotopic (exact) mass is 337 g/mol. The van der Waals surface area contributed by atoms with Gasteiger partial charge in [-0.25, -0.2) is 0 Å². The van der Waals surface area contributed by atoms with Crippen LogP contribution in [0.4, 0.5) is 0 Å². The molecule has 6 nitrogen and oxygen atoms in total. The van der Waals surface area contributed by atoms with Crippen molar-refractivity contribution in [2.75, 3.05) is 58.9 Å². The number of nitrogens with one attached hydrogen (secondary N) is 1. The summed E-state index contributed by atoms with van der Waals surface area (Å²) in [5, 5.41) is 3.40. The molecule has 0 aromatic heterocycles. The summed E-state index contributed by atoms with van der Waals surface area (Å²) < 4.78 is 0. The highest BCUT2D eigenvalue weighted by molar-refractivity contribution is 5.80. The van der Waals surface area contributed by atoms with Crippen molar-refractivity contribution in [2.24, 2.45) is 10.9 Å². The van der Waals surface area contributed by atoms with Crippen LogP contribution in [-0.4, -0.2) is 85.5 Å². The molecule has 1 N–H and O–H groups in total. The molecule has 0 bridgehead atoms. The summed E-state index contributed by atoms with van der Waals surface area (Å²) in [4.78, 5) is 23.0. The molecule has 1 amide bonds. The third-order valence-electron chi connectivity index (χ3n) is 5.13.